The second-order valence-corrected chi connectivity index (χ2v) is 7.98. The van der Waals surface area contributed by atoms with E-state index in [1.54, 1.807) is 6.92 Å². The van der Waals surface area contributed by atoms with Gasteiger partial charge in [0.25, 0.3) is 10.0 Å². The number of nitrogens with one attached hydrogen (secondary N) is 2. The van der Waals surface area contributed by atoms with E-state index in [0.717, 1.165) is 24.8 Å². The molecule has 0 spiro atoms. The quantitative estimate of drug-likeness (QED) is 0.625. The van der Waals surface area contributed by atoms with Crippen molar-refractivity contribution in [3.8, 4) is 0 Å². The Morgan fingerprint density at radius 1 is 1.32 bits per heavy atom. The summed E-state index contributed by atoms with van der Waals surface area (Å²) in [5.74, 6) is -0.735. The average Bonchev–Trinajstić information content (AvgIpc) is 3.20. The van der Waals surface area contributed by atoms with Crippen LogP contribution in [0.3, 0.4) is 0 Å². The molecule has 2 N–H and O–H groups in total. The van der Waals surface area contributed by atoms with Gasteiger partial charge in [-0.25, -0.2) is 17.9 Å². The first-order valence-corrected chi connectivity index (χ1v) is 10.6. The van der Waals surface area contributed by atoms with Gasteiger partial charge in [0.2, 0.25) is 0 Å². The number of aromatic nitrogens is 2. The first kappa shape index (κ1) is 20.5. The van der Waals surface area contributed by atoms with Gasteiger partial charge < -0.3 is 9.47 Å². The molecule has 9 nitrogen and oxygen atoms in total. The summed E-state index contributed by atoms with van der Waals surface area (Å²) in [5.41, 5.74) is 0.710. The summed E-state index contributed by atoms with van der Waals surface area (Å²) >= 11 is 0. The van der Waals surface area contributed by atoms with Crippen LogP contribution in [0.1, 0.15) is 28.9 Å². The highest BCUT2D eigenvalue weighted by Crippen LogP contribution is 2.20. The molecule has 152 valence electrons. The van der Waals surface area contributed by atoms with Crippen molar-refractivity contribution in [2.75, 3.05) is 39.5 Å². The van der Waals surface area contributed by atoms with Gasteiger partial charge in [-0.1, -0.05) is 30.3 Å². The van der Waals surface area contributed by atoms with Crippen molar-refractivity contribution in [2.24, 2.45) is 0 Å². The maximum atomic E-state index is 13.0. The fourth-order valence-corrected chi connectivity index (χ4v) is 4.32. The van der Waals surface area contributed by atoms with Crippen LogP contribution in [0, 0.1) is 0 Å². The molecular formula is C18H24N4O5S. The Morgan fingerprint density at radius 3 is 2.71 bits per heavy atom. The molecule has 1 aliphatic heterocycles. The molecule has 0 unspecified atom stereocenters. The molecule has 1 aliphatic rings. The Hall–Kier alpha value is -2.27. The number of H-pyrrole nitrogens is 1. The molecule has 1 aromatic carbocycles. The monoisotopic (exact) mass is 408 g/mol. The largest absolute Gasteiger partial charge is 0.462 e. The van der Waals surface area contributed by atoms with Gasteiger partial charge in [0, 0.05) is 19.6 Å². The van der Waals surface area contributed by atoms with E-state index < -0.39 is 22.0 Å². The number of ether oxygens (including phenoxy) is 2. The first-order chi connectivity index (χ1) is 13.5. The van der Waals surface area contributed by atoms with Gasteiger partial charge in [0.15, 0.2) is 5.03 Å². The number of hydrogen-bond donors (Lipinski definition) is 2. The fourth-order valence-electron chi connectivity index (χ4n) is 3.02. The van der Waals surface area contributed by atoms with Crippen LogP contribution in [0.2, 0.25) is 0 Å². The van der Waals surface area contributed by atoms with Crippen LogP contribution in [-0.4, -0.2) is 68.9 Å². The maximum Gasteiger partial charge on any atom is 0.342 e. The third-order valence-electron chi connectivity index (χ3n) is 4.41. The highest BCUT2D eigenvalue weighted by Gasteiger charge is 2.30. The third kappa shape index (κ3) is 4.96. The second kappa shape index (κ2) is 9.28. The summed E-state index contributed by atoms with van der Waals surface area (Å²) in [6.07, 6.45) is 1.16. The normalized spacial score (nSPS) is 16.6. The number of rotatable bonds is 8. The summed E-state index contributed by atoms with van der Waals surface area (Å²) in [4.78, 5) is 14.2. The van der Waals surface area contributed by atoms with Crippen molar-refractivity contribution in [1.29, 1.82) is 0 Å². The van der Waals surface area contributed by atoms with E-state index in [4.69, 9.17) is 9.47 Å². The molecule has 2 heterocycles. The lowest BCUT2D eigenvalue weighted by Crippen LogP contribution is -2.43. The van der Waals surface area contributed by atoms with E-state index in [1.807, 2.05) is 30.3 Å². The number of nitrogens with zero attached hydrogens (tertiary/aromatic N) is 2. The van der Waals surface area contributed by atoms with Crippen LogP contribution >= 0.6 is 0 Å². The molecule has 3 rings (SSSR count). The van der Waals surface area contributed by atoms with Crippen molar-refractivity contribution in [1.82, 2.24) is 19.8 Å². The summed E-state index contributed by atoms with van der Waals surface area (Å²) < 4.78 is 39.0. The number of hydrogen-bond acceptors (Lipinski definition) is 7. The minimum Gasteiger partial charge on any atom is -0.462 e. The van der Waals surface area contributed by atoms with E-state index in [1.165, 1.54) is 0 Å². The standard InChI is InChI=1S/C18H24N4O5S/c1-2-27-18(23)15-12-19-20-17(15)28(24,25)21-16(14-6-4-3-5-7-14)13-22-8-10-26-11-9-22/h3-7,12,16,21H,2,8-11,13H2,1H3,(H,19,20)/t16-/m1/s1. The highest BCUT2D eigenvalue weighted by molar-refractivity contribution is 7.89. The number of esters is 1. The van der Waals surface area contributed by atoms with Crippen LogP contribution in [0.4, 0.5) is 0 Å². The maximum absolute atomic E-state index is 13.0. The van der Waals surface area contributed by atoms with E-state index in [2.05, 4.69) is 19.8 Å². The highest BCUT2D eigenvalue weighted by atomic mass is 32.2. The van der Waals surface area contributed by atoms with Gasteiger partial charge in [-0.3, -0.25) is 10.00 Å². The Morgan fingerprint density at radius 2 is 2.04 bits per heavy atom. The Labute approximate surface area is 164 Å². The summed E-state index contributed by atoms with van der Waals surface area (Å²) in [6.45, 7) is 4.95. The number of benzene rings is 1. The topological polar surface area (TPSA) is 114 Å². The van der Waals surface area contributed by atoms with E-state index in [-0.39, 0.29) is 17.2 Å². The zero-order valence-electron chi connectivity index (χ0n) is 15.6. The molecule has 1 atom stereocenters. The smallest absolute Gasteiger partial charge is 0.342 e. The fraction of sp³-hybridized carbons (Fsp3) is 0.444. The van der Waals surface area contributed by atoms with Crippen molar-refractivity contribution in [3.05, 3.63) is 47.7 Å². The van der Waals surface area contributed by atoms with Gasteiger partial charge in [0.05, 0.1) is 32.1 Å². The Kier molecular flexibility index (Phi) is 6.79. The minimum atomic E-state index is -4.04. The summed E-state index contributed by atoms with van der Waals surface area (Å²) in [7, 11) is -4.04. The van der Waals surface area contributed by atoms with Gasteiger partial charge in [0.1, 0.15) is 5.56 Å². The van der Waals surface area contributed by atoms with E-state index >= 15 is 0 Å². The zero-order valence-corrected chi connectivity index (χ0v) is 16.4. The predicted octanol–water partition coefficient (Wildman–Crippen LogP) is 0.938. The lowest BCUT2D eigenvalue weighted by atomic mass is 10.1. The number of morpholine rings is 1. The molecule has 0 saturated carbocycles. The van der Waals surface area contributed by atoms with Gasteiger partial charge in [-0.2, -0.15) is 5.10 Å². The molecule has 1 fully saturated rings. The van der Waals surface area contributed by atoms with Crippen molar-refractivity contribution in [2.45, 2.75) is 18.0 Å². The first-order valence-electron chi connectivity index (χ1n) is 9.09. The third-order valence-corrected chi connectivity index (χ3v) is 5.86. The number of carbonyl (C=O) groups excluding carboxylic acids is 1. The zero-order chi connectivity index (χ0) is 20.0. The van der Waals surface area contributed by atoms with Crippen molar-refractivity contribution in [3.63, 3.8) is 0 Å². The number of carbonyl (C=O) groups is 1. The molecule has 2 aromatic rings. The van der Waals surface area contributed by atoms with E-state index in [0.29, 0.717) is 19.8 Å². The molecule has 10 heteroatoms. The molecule has 1 saturated heterocycles. The van der Waals surface area contributed by atoms with E-state index in [9.17, 15) is 13.2 Å². The molecule has 28 heavy (non-hydrogen) atoms. The second-order valence-electron chi connectivity index (χ2n) is 6.33. The summed E-state index contributed by atoms with van der Waals surface area (Å²) in [5, 5.41) is 5.83. The summed E-state index contributed by atoms with van der Waals surface area (Å²) in [6, 6.07) is 8.83. The van der Waals surface area contributed by atoms with Crippen molar-refractivity contribution >= 4 is 16.0 Å². The molecule has 0 radical (unpaired) electrons. The minimum absolute atomic E-state index is 0.118. The molecule has 1 aromatic heterocycles. The molecule has 0 amide bonds. The Bertz CT molecular complexity index is 878. The van der Waals surface area contributed by atoms with Gasteiger partial charge in [-0.15, -0.1) is 0 Å². The average molecular weight is 408 g/mol. The van der Waals surface area contributed by atoms with Crippen LogP contribution < -0.4 is 4.72 Å². The molecule has 0 aliphatic carbocycles. The SMILES string of the molecule is CCOC(=O)c1cn[nH]c1S(=O)(=O)N[C@H](CN1CCOCC1)c1ccccc1. The van der Waals surface area contributed by atoms with Crippen LogP contribution in [0.5, 0.6) is 0 Å². The number of aromatic amines is 1. The predicted molar refractivity (Wildman–Crippen MR) is 101 cm³/mol. The lowest BCUT2D eigenvalue weighted by molar-refractivity contribution is 0.0345. The number of sulfonamides is 1. The van der Waals surface area contributed by atoms with Crippen LogP contribution in [0.25, 0.3) is 0 Å². The van der Waals surface area contributed by atoms with Gasteiger partial charge in [-0.05, 0) is 12.5 Å². The van der Waals surface area contributed by atoms with Crippen LogP contribution in [-0.2, 0) is 19.5 Å². The van der Waals surface area contributed by atoms with Crippen molar-refractivity contribution < 1.29 is 22.7 Å². The Balaban J connectivity index is 1.85. The van der Waals surface area contributed by atoms with Gasteiger partial charge >= 0.3 is 5.97 Å². The molecule has 0 bridgehead atoms. The molecular weight excluding hydrogens is 384 g/mol. The van der Waals surface area contributed by atoms with Crippen LogP contribution in [0.15, 0.2) is 41.6 Å². The lowest BCUT2D eigenvalue weighted by Gasteiger charge is -2.30.